The molecule has 0 fully saturated rings. The van der Waals surface area contributed by atoms with E-state index in [1.165, 1.54) is 96.8 Å². The second-order valence-corrected chi connectivity index (χ2v) is 15.4. The molecule has 244 valence electrons. The Bertz CT molecular complexity index is 2770. The second kappa shape index (κ2) is 11.8. The van der Waals surface area contributed by atoms with E-state index >= 15 is 0 Å². The van der Waals surface area contributed by atoms with Gasteiger partial charge >= 0.3 is 0 Å². The summed E-state index contributed by atoms with van der Waals surface area (Å²) < 4.78 is 4.86. The van der Waals surface area contributed by atoms with Crippen LogP contribution in [0.3, 0.4) is 0 Å². The molecule has 11 rings (SSSR count). The molecule has 10 aromatic rings. The molecule has 1 aliphatic rings. The molecule has 2 aromatic heterocycles. The molecule has 2 nitrogen and oxygen atoms in total. The summed E-state index contributed by atoms with van der Waals surface area (Å²) in [6, 6.07) is 66.3. The van der Waals surface area contributed by atoms with Crippen LogP contribution in [0.25, 0.3) is 77.2 Å². The van der Waals surface area contributed by atoms with Crippen molar-refractivity contribution < 1.29 is 0 Å². The van der Waals surface area contributed by atoms with Gasteiger partial charge in [0.1, 0.15) is 0 Å². The van der Waals surface area contributed by atoms with Gasteiger partial charge in [-0.2, -0.15) is 0 Å². The first-order chi connectivity index (χ1) is 25.8. The number of nitrogens with zero attached hydrogens (tertiary/aromatic N) is 2. The molecule has 3 heterocycles. The summed E-state index contributed by atoms with van der Waals surface area (Å²) in [5.41, 5.74) is 12.2. The van der Waals surface area contributed by atoms with Crippen LogP contribution in [0.5, 0.6) is 0 Å². The van der Waals surface area contributed by atoms with E-state index in [0.29, 0.717) is 0 Å². The lowest BCUT2D eigenvalue weighted by Crippen LogP contribution is -1.96. The third kappa shape index (κ3) is 4.55. The molecular weight excluding hydrogens is 669 g/mol. The quantitative estimate of drug-likeness (QED) is 0.181. The smallest absolute Gasteiger partial charge is 0.0553 e. The third-order valence-corrected chi connectivity index (χ3v) is 13.0. The molecular formula is C48H30N2S2. The second-order valence-electron chi connectivity index (χ2n) is 13.3. The molecule has 52 heavy (non-hydrogen) atoms. The van der Waals surface area contributed by atoms with Crippen LogP contribution in [-0.4, -0.2) is 9.13 Å². The van der Waals surface area contributed by atoms with Gasteiger partial charge in [0, 0.05) is 52.5 Å². The standard InChI is InChI=1S/C48H30N2S2/c1-3-11-31(12-4-1)33-19-23-35(24-20-33)49-39-17-9-7-15-37(39)45-41(49)27-29-43-47(45)51-44-30-28-42-46(48(44)52-43)38-16-8-10-18-40(38)50(42)36-25-21-34(22-26-36)32-13-5-2-6-14-32/h1-30H. The lowest BCUT2D eigenvalue weighted by molar-refractivity contribution is 1.15. The molecule has 0 radical (unpaired) electrons. The molecule has 4 heteroatoms. The summed E-state index contributed by atoms with van der Waals surface area (Å²) in [5, 5.41) is 5.22. The van der Waals surface area contributed by atoms with Crippen molar-refractivity contribution >= 4 is 67.1 Å². The lowest BCUT2D eigenvalue weighted by Gasteiger charge is -2.21. The third-order valence-electron chi connectivity index (χ3n) is 10.4. The highest BCUT2D eigenvalue weighted by atomic mass is 32.2. The van der Waals surface area contributed by atoms with Crippen molar-refractivity contribution in [2.24, 2.45) is 0 Å². The predicted octanol–water partition coefficient (Wildman–Crippen LogP) is 13.8. The van der Waals surface area contributed by atoms with E-state index in [2.05, 4.69) is 191 Å². The minimum Gasteiger partial charge on any atom is -0.309 e. The number of aromatic nitrogens is 2. The maximum absolute atomic E-state index is 2.43. The highest BCUT2D eigenvalue weighted by Gasteiger charge is 2.27. The van der Waals surface area contributed by atoms with Crippen molar-refractivity contribution in [3.63, 3.8) is 0 Å². The van der Waals surface area contributed by atoms with Gasteiger partial charge in [-0.25, -0.2) is 0 Å². The van der Waals surface area contributed by atoms with E-state index < -0.39 is 0 Å². The van der Waals surface area contributed by atoms with Gasteiger partial charge < -0.3 is 9.13 Å². The summed E-state index contributed by atoms with van der Waals surface area (Å²) >= 11 is 3.84. The van der Waals surface area contributed by atoms with Gasteiger partial charge in [-0.3, -0.25) is 0 Å². The average Bonchev–Trinajstić information content (AvgIpc) is 3.74. The summed E-state index contributed by atoms with van der Waals surface area (Å²) in [6.45, 7) is 0. The Morgan fingerprint density at radius 3 is 1.08 bits per heavy atom. The van der Waals surface area contributed by atoms with Crippen LogP contribution >= 0.6 is 23.5 Å². The molecule has 8 aromatic carbocycles. The van der Waals surface area contributed by atoms with Crippen molar-refractivity contribution in [1.82, 2.24) is 9.13 Å². The molecule has 0 N–H and O–H groups in total. The van der Waals surface area contributed by atoms with Crippen LogP contribution in [-0.2, 0) is 0 Å². The van der Waals surface area contributed by atoms with Crippen LogP contribution in [0, 0.1) is 0 Å². The molecule has 0 atom stereocenters. The van der Waals surface area contributed by atoms with E-state index in [-0.39, 0.29) is 0 Å². The van der Waals surface area contributed by atoms with Crippen LogP contribution < -0.4 is 0 Å². The average molecular weight is 699 g/mol. The first-order valence-corrected chi connectivity index (χ1v) is 19.2. The van der Waals surface area contributed by atoms with Crippen molar-refractivity contribution in [3.05, 3.63) is 182 Å². The Hall–Kier alpha value is -5.94. The maximum Gasteiger partial charge on any atom is 0.0553 e. The number of hydrogen-bond donors (Lipinski definition) is 0. The van der Waals surface area contributed by atoms with E-state index in [4.69, 9.17) is 0 Å². The highest BCUT2D eigenvalue weighted by Crippen LogP contribution is 2.56. The maximum atomic E-state index is 2.43. The number of hydrogen-bond acceptors (Lipinski definition) is 2. The largest absolute Gasteiger partial charge is 0.309 e. The molecule has 0 unspecified atom stereocenters. The van der Waals surface area contributed by atoms with E-state index in [1.807, 2.05) is 23.5 Å². The zero-order valence-corrected chi connectivity index (χ0v) is 29.7. The summed E-state index contributed by atoms with van der Waals surface area (Å²) in [6.07, 6.45) is 0. The number of rotatable bonds is 4. The van der Waals surface area contributed by atoms with Gasteiger partial charge in [0.2, 0.25) is 0 Å². The first-order valence-electron chi connectivity index (χ1n) is 17.6. The van der Waals surface area contributed by atoms with Crippen molar-refractivity contribution in [1.29, 1.82) is 0 Å². The topological polar surface area (TPSA) is 9.86 Å². The fourth-order valence-corrected chi connectivity index (χ4v) is 10.6. The SMILES string of the molecule is c1ccc(-c2ccc(-n3c4ccccc4c4c5c(ccc43)Sc3c(ccc4c3c3ccccc3n4-c3ccc(-c4ccccc4)cc3)S5)cc2)cc1. The lowest BCUT2D eigenvalue weighted by atomic mass is 10.1. The predicted molar refractivity (Wildman–Crippen MR) is 221 cm³/mol. The van der Waals surface area contributed by atoms with Crippen LogP contribution in [0.1, 0.15) is 0 Å². The summed E-state index contributed by atoms with van der Waals surface area (Å²) in [7, 11) is 0. The summed E-state index contributed by atoms with van der Waals surface area (Å²) in [5.74, 6) is 0. The van der Waals surface area contributed by atoms with Gasteiger partial charge in [-0.15, -0.1) is 0 Å². The van der Waals surface area contributed by atoms with Gasteiger partial charge in [-0.1, -0.05) is 145 Å². The first kappa shape index (κ1) is 29.8. The minimum atomic E-state index is 1.17. The Morgan fingerprint density at radius 2 is 0.654 bits per heavy atom. The zero-order chi connectivity index (χ0) is 34.2. The molecule has 1 aliphatic heterocycles. The van der Waals surface area contributed by atoms with Crippen LogP contribution in [0.15, 0.2) is 202 Å². The fourth-order valence-electron chi connectivity index (χ4n) is 8.03. The van der Waals surface area contributed by atoms with Crippen molar-refractivity contribution in [3.8, 4) is 33.6 Å². The molecule has 0 saturated carbocycles. The van der Waals surface area contributed by atoms with Crippen molar-refractivity contribution in [2.75, 3.05) is 0 Å². The molecule has 0 aliphatic carbocycles. The summed E-state index contributed by atoms with van der Waals surface area (Å²) in [4.78, 5) is 5.30. The van der Waals surface area contributed by atoms with Gasteiger partial charge in [0.15, 0.2) is 0 Å². The zero-order valence-electron chi connectivity index (χ0n) is 28.0. The number of para-hydroxylation sites is 2. The number of fused-ring (bicyclic) bond motifs is 10. The van der Waals surface area contributed by atoms with Crippen LogP contribution in [0.2, 0.25) is 0 Å². The molecule has 0 spiro atoms. The van der Waals surface area contributed by atoms with Gasteiger partial charge in [0.05, 0.1) is 22.1 Å². The normalized spacial score (nSPS) is 12.5. The fraction of sp³-hybridized carbons (Fsp3) is 0. The Morgan fingerprint density at radius 1 is 0.288 bits per heavy atom. The number of benzene rings is 8. The molecule has 0 saturated heterocycles. The monoisotopic (exact) mass is 698 g/mol. The van der Waals surface area contributed by atoms with Gasteiger partial charge in [-0.05, 0) is 82.9 Å². The highest BCUT2D eigenvalue weighted by molar-refractivity contribution is 8.05. The van der Waals surface area contributed by atoms with E-state index in [9.17, 15) is 0 Å². The Labute approximate surface area is 310 Å². The Kier molecular flexibility index (Phi) is 6.76. The van der Waals surface area contributed by atoms with Crippen LogP contribution in [0.4, 0.5) is 0 Å². The Balaban J connectivity index is 1.05. The minimum absolute atomic E-state index is 1.17. The molecule has 0 amide bonds. The van der Waals surface area contributed by atoms with E-state index in [1.54, 1.807) is 0 Å². The van der Waals surface area contributed by atoms with Crippen molar-refractivity contribution in [2.45, 2.75) is 19.6 Å². The van der Waals surface area contributed by atoms with E-state index in [0.717, 1.165) is 0 Å². The molecule has 0 bridgehead atoms. The van der Waals surface area contributed by atoms with Gasteiger partial charge in [0.25, 0.3) is 0 Å².